The van der Waals surface area contributed by atoms with Crippen molar-refractivity contribution in [3.63, 3.8) is 0 Å². The number of esters is 2. The van der Waals surface area contributed by atoms with Crippen molar-refractivity contribution in [1.29, 1.82) is 0 Å². The minimum Gasteiger partial charge on any atom is -0.497 e. The monoisotopic (exact) mass is 359 g/mol. The summed E-state index contributed by atoms with van der Waals surface area (Å²) in [7, 11) is -2.45. The maximum Gasteiger partial charge on any atom is 0.344 e. The fourth-order valence-corrected chi connectivity index (χ4v) is 2.85. The Labute approximate surface area is 141 Å². The van der Waals surface area contributed by atoms with E-state index in [1.807, 2.05) is 0 Å². The molecule has 1 aromatic rings. The predicted octanol–water partition coefficient (Wildman–Crippen LogP) is 0.857. The summed E-state index contributed by atoms with van der Waals surface area (Å²) in [4.78, 5) is 23.0. The zero-order chi connectivity index (χ0) is 18.3. The second-order valence-electron chi connectivity index (χ2n) is 5.16. The molecule has 0 bridgehead atoms. The number of hydrogen-bond acceptors (Lipinski definition) is 7. The van der Waals surface area contributed by atoms with Gasteiger partial charge in [-0.2, -0.15) is 4.72 Å². The van der Waals surface area contributed by atoms with Crippen molar-refractivity contribution in [1.82, 2.24) is 4.72 Å². The molecule has 0 spiro atoms. The third kappa shape index (κ3) is 6.17. The molecule has 0 aliphatic rings. The van der Waals surface area contributed by atoms with E-state index in [9.17, 15) is 18.0 Å². The first kappa shape index (κ1) is 19.9. The molecule has 0 heterocycles. The molecule has 0 saturated carbocycles. The third-order valence-electron chi connectivity index (χ3n) is 2.75. The molecule has 1 N–H and O–H groups in total. The van der Waals surface area contributed by atoms with E-state index in [4.69, 9.17) is 14.2 Å². The van der Waals surface area contributed by atoms with Crippen LogP contribution in [0.3, 0.4) is 0 Å². The van der Waals surface area contributed by atoms with Gasteiger partial charge >= 0.3 is 11.9 Å². The molecule has 134 valence electrons. The van der Waals surface area contributed by atoms with Crippen LogP contribution in [0.4, 0.5) is 0 Å². The Hall–Kier alpha value is -2.13. The number of hydrogen-bond donors (Lipinski definition) is 1. The van der Waals surface area contributed by atoms with Crippen molar-refractivity contribution < 1.29 is 32.2 Å². The van der Waals surface area contributed by atoms with Gasteiger partial charge in [0.25, 0.3) is 0 Å². The molecule has 1 aromatic carbocycles. The van der Waals surface area contributed by atoms with Crippen LogP contribution in [0, 0.1) is 0 Å². The number of ether oxygens (including phenoxy) is 3. The van der Waals surface area contributed by atoms with E-state index in [0.29, 0.717) is 5.75 Å². The molecule has 9 heteroatoms. The summed E-state index contributed by atoms with van der Waals surface area (Å²) in [6.07, 6.45) is -0.331. The van der Waals surface area contributed by atoms with E-state index in [1.54, 1.807) is 13.8 Å². The summed E-state index contributed by atoms with van der Waals surface area (Å²) in [5.41, 5.74) is 0. The summed E-state index contributed by atoms with van der Waals surface area (Å²) < 4.78 is 41.0. The average molecular weight is 359 g/mol. The molecule has 0 aliphatic heterocycles. The summed E-state index contributed by atoms with van der Waals surface area (Å²) in [6.45, 7) is 4.06. The second kappa shape index (κ2) is 8.65. The molecule has 1 atom stereocenters. The molecular formula is C15H21NO7S. The normalized spacial score (nSPS) is 12.5. The average Bonchev–Trinajstić information content (AvgIpc) is 2.51. The summed E-state index contributed by atoms with van der Waals surface area (Å²) in [5.74, 6) is -1.08. The van der Waals surface area contributed by atoms with E-state index in [-0.39, 0.29) is 11.0 Å². The van der Waals surface area contributed by atoms with Gasteiger partial charge in [-0.25, -0.2) is 13.2 Å². The highest BCUT2D eigenvalue weighted by molar-refractivity contribution is 7.89. The van der Waals surface area contributed by atoms with Crippen molar-refractivity contribution >= 4 is 22.0 Å². The lowest BCUT2D eigenvalue weighted by atomic mass is 10.3. The number of benzene rings is 1. The van der Waals surface area contributed by atoms with Gasteiger partial charge in [0.05, 0.1) is 18.1 Å². The molecular weight excluding hydrogens is 338 g/mol. The summed E-state index contributed by atoms with van der Waals surface area (Å²) >= 11 is 0. The highest BCUT2D eigenvalue weighted by atomic mass is 32.2. The Bertz CT molecular complexity index is 668. The fourth-order valence-electron chi connectivity index (χ4n) is 1.66. The van der Waals surface area contributed by atoms with Gasteiger partial charge in [0.1, 0.15) is 11.8 Å². The zero-order valence-electron chi connectivity index (χ0n) is 13.9. The highest BCUT2D eigenvalue weighted by Crippen LogP contribution is 2.15. The molecule has 1 rings (SSSR count). The topological polar surface area (TPSA) is 108 Å². The van der Waals surface area contributed by atoms with E-state index in [2.05, 4.69) is 4.72 Å². The minimum atomic E-state index is -3.91. The van der Waals surface area contributed by atoms with E-state index in [0.717, 1.165) is 0 Å². The van der Waals surface area contributed by atoms with Crippen molar-refractivity contribution in [2.45, 2.75) is 37.8 Å². The van der Waals surface area contributed by atoms with Crippen LogP contribution in [0.15, 0.2) is 29.2 Å². The van der Waals surface area contributed by atoms with Gasteiger partial charge in [0.15, 0.2) is 6.61 Å². The number of rotatable bonds is 8. The van der Waals surface area contributed by atoms with Gasteiger partial charge in [0.2, 0.25) is 10.0 Å². The Kier molecular flexibility index (Phi) is 7.18. The fraction of sp³-hybridized carbons (Fsp3) is 0.467. The number of sulfonamides is 1. The molecule has 24 heavy (non-hydrogen) atoms. The smallest absolute Gasteiger partial charge is 0.344 e. The number of methoxy groups -OCH3 is 1. The third-order valence-corrected chi connectivity index (χ3v) is 4.31. The maximum atomic E-state index is 12.2. The van der Waals surface area contributed by atoms with Crippen molar-refractivity contribution in [2.24, 2.45) is 0 Å². The first-order chi connectivity index (χ1) is 11.2. The molecule has 0 saturated heterocycles. The molecule has 0 amide bonds. The zero-order valence-corrected chi connectivity index (χ0v) is 14.8. The van der Waals surface area contributed by atoms with E-state index < -0.39 is 34.6 Å². The van der Waals surface area contributed by atoms with E-state index in [1.165, 1.54) is 38.3 Å². The Morgan fingerprint density at radius 3 is 2.21 bits per heavy atom. The highest BCUT2D eigenvalue weighted by Gasteiger charge is 2.24. The van der Waals surface area contributed by atoms with Crippen LogP contribution in [-0.4, -0.2) is 46.2 Å². The Morgan fingerprint density at radius 2 is 1.71 bits per heavy atom. The number of carbonyl (C=O) groups is 2. The van der Waals surface area contributed by atoms with Crippen LogP contribution in [0.25, 0.3) is 0 Å². The Balaban J connectivity index is 2.62. The van der Waals surface area contributed by atoms with Crippen LogP contribution in [0.1, 0.15) is 20.8 Å². The van der Waals surface area contributed by atoms with Crippen LogP contribution in [0.5, 0.6) is 5.75 Å². The quantitative estimate of drug-likeness (QED) is 0.686. The van der Waals surface area contributed by atoms with Gasteiger partial charge in [-0.1, -0.05) is 0 Å². The lowest BCUT2D eigenvalue weighted by Crippen LogP contribution is -2.40. The summed E-state index contributed by atoms with van der Waals surface area (Å²) in [6, 6.07) is 4.50. The van der Waals surface area contributed by atoms with Crippen molar-refractivity contribution in [2.75, 3.05) is 13.7 Å². The SMILES string of the molecule is COc1ccc(S(=O)(=O)N[C@@H](C)C(=O)OCC(=O)OC(C)C)cc1. The number of nitrogens with one attached hydrogen (secondary N) is 1. The van der Waals surface area contributed by atoms with Gasteiger partial charge in [-0.3, -0.25) is 4.79 Å². The van der Waals surface area contributed by atoms with Crippen LogP contribution >= 0.6 is 0 Å². The largest absolute Gasteiger partial charge is 0.497 e. The lowest BCUT2D eigenvalue weighted by molar-refractivity contribution is -0.161. The van der Waals surface area contributed by atoms with Crippen molar-refractivity contribution in [3.05, 3.63) is 24.3 Å². The van der Waals surface area contributed by atoms with Crippen LogP contribution in [0.2, 0.25) is 0 Å². The van der Waals surface area contributed by atoms with Gasteiger partial charge in [-0.15, -0.1) is 0 Å². The van der Waals surface area contributed by atoms with Crippen LogP contribution < -0.4 is 9.46 Å². The van der Waals surface area contributed by atoms with E-state index >= 15 is 0 Å². The molecule has 8 nitrogen and oxygen atoms in total. The Morgan fingerprint density at radius 1 is 1.12 bits per heavy atom. The predicted molar refractivity (Wildman–Crippen MR) is 85.0 cm³/mol. The first-order valence-corrected chi connectivity index (χ1v) is 8.66. The number of carbonyl (C=O) groups excluding carboxylic acids is 2. The maximum absolute atomic E-state index is 12.2. The lowest BCUT2D eigenvalue weighted by Gasteiger charge is -2.14. The first-order valence-electron chi connectivity index (χ1n) is 7.18. The second-order valence-corrected chi connectivity index (χ2v) is 6.88. The van der Waals surface area contributed by atoms with Gasteiger partial charge in [0, 0.05) is 0 Å². The van der Waals surface area contributed by atoms with Gasteiger partial charge < -0.3 is 14.2 Å². The molecule has 0 aliphatic carbocycles. The van der Waals surface area contributed by atoms with Crippen LogP contribution in [-0.2, 0) is 29.1 Å². The molecule has 0 unspecified atom stereocenters. The molecule has 0 radical (unpaired) electrons. The molecule has 0 aromatic heterocycles. The minimum absolute atomic E-state index is 0.0258. The van der Waals surface area contributed by atoms with Gasteiger partial charge in [-0.05, 0) is 45.0 Å². The standard InChI is InChI=1S/C15H21NO7S/c1-10(2)23-14(17)9-22-15(18)11(3)16-24(19,20)13-7-5-12(21-4)6-8-13/h5-8,10-11,16H,9H2,1-4H3/t11-/m0/s1. The molecule has 0 fully saturated rings. The summed E-state index contributed by atoms with van der Waals surface area (Å²) in [5, 5.41) is 0. The van der Waals surface area contributed by atoms with Crippen molar-refractivity contribution in [3.8, 4) is 5.75 Å².